The Kier molecular flexibility index (Phi) is 5.42. The number of carbonyl (C=O) groups is 1. The predicted molar refractivity (Wildman–Crippen MR) is 67.6 cm³/mol. The first-order valence-corrected chi connectivity index (χ1v) is 5.79. The summed E-state index contributed by atoms with van der Waals surface area (Å²) < 4.78 is 0. The van der Waals surface area contributed by atoms with Crippen LogP contribution in [0.15, 0.2) is 12.3 Å². The molecular weight excluding hydrogens is 218 g/mol. The first-order chi connectivity index (χ1) is 8.15. The lowest BCUT2D eigenvalue weighted by Gasteiger charge is -2.10. The number of pyridine rings is 1. The highest BCUT2D eigenvalue weighted by atomic mass is 16.4. The highest BCUT2D eigenvalue weighted by Crippen LogP contribution is 2.15. The van der Waals surface area contributed by atoms with Gasteiger partial charge in [0, 0.05) is 18.4 Å². The van der Waals surface area contributed by atoms with Gasteiger partial charge in [-0.25, -0.2) is 4.79 Å². The Morgan fingerprint density at radius 2 is 2.24 bits per heavy atom. The van der Waals surface area contributed by atoms with Crippen LogP contribution in [0.1, 0.15) is 29.4 Å². The van der Waals surface area contributed by atoms with Crippen LogP contribution < -0.4 is 10.6 Å². The van der Waals surface area contributed by atoms with Crippen molar-refractivity contribution in [3.8, 4) is 0 Å². The minimum Gasteiger partial charge on any atom is -0.478 e. The Morgan fingerprint density at radius 1 is 1.47 bits per heavy atom. The molecule has 0 aliphatic rings. The number of carboxylic acids is 1. The van der Waals surface area contributed by atoms with Crippen LogP contribution in [0.3, 0.4) is 0 Å². The molecule has 1 aromatic rings. The minimum absolute atomic E-state index is 0.221. The van der Waals surface area contributed by atoms with Crippen LogP contribution >= 0.6 is 0 Å². The summed E-state index contributed by atoms with van der Waals surface area (Å²) in [5.74, 6) is -0.952. The van der Waals surface area contributed by atoms with E-state index in [4.69, 9.17) is 5.11 Å². The molecule has 0 radical (unpaired) electrons. The molecule has 0 saturated carbocycles. The van der Waals surface area contributed by atoms with E-state index in [0.29, 0.717) is 5.69 Å². The molecule has 0 aliphatic heterocycles. The monoisotopic (exact) mass is 237 g/mol. The van der Waals surface area contributed by atoms with Gasteiger partial charge in [-0.2, -0.15) is 0 Å². The molecule has 1 aromatic heterocycles. The Morgan fingerprint density at radius 3 is 2.88 bits per heavy atom. The van der Waals surface area contributed by atoms with Gasteiger partial charge >= 0.3 is 5.97 Å². The maximum atomic E-state index is 11.0. The van der Waals surface area contributed by atoms with Crippen molar-refractivity contribution < 1.29 is 9.90 Å². The van der Waals surface area contributed by atoms with Crippen molar-refractivity contribution >= 4 is 11.7 Å². The van der Waals surface area contributed by atoms with Gasteiger partial charge in [-0.05, 0) is 32.5 Å². The number of aromatic nitrogens is 1. The van der Waals surface area contributed by atoms with Gasteiger partial charge in [0.25, 0.3) is 0 Å². The zero-order valence-electron chi connectivity index (χ0n) is 10.3. The zero-order valence-corrected chi connectivity index (χ0v) is 10.3. The molecule has 17 heavy (non-hydrogen) atoms. The van der Waals surface area contributed by atoms with Gasteiger partial charge in [0.15, 0.2) is 0 Å². The summed E-state index contributed by atoms with van der Waals surface area (Å²) in [5, 5.41) is 15.4. The van der Waals surface area contributed by atoms with Gasteiger partial charge in [0.05, 0.1) is 5.69 Å². The summed E-state index contributed by atoms with van der Waals surface area (Å²) in [7, 11) is 0. The maximum Gasteiger partial charge on any atom is 0.339 e. The highest BCUT2D eigenvalue weighted by Gasteiger charge is 2.10. The molecule has 0 spiro atoms. The Bertz CT molecular complexity index is 380. The van der Waals surface area contributed by atoms with E-state index in [1.54, 1.807) is 6.07 Å². The Balaban J connectivity index is 2.56. The normalized spacial score (nSPS) is 10.2. The van der Waals surface area contributed by atoms with Gasteiger partial charge in [-0.15, -0.1) is 0 Å². The predicted octanol–water partition coefficient (Wildman–Crippen LogP) is 1.50. The van der Waals surface area contributed by atoms with Gasteiger partial charge in [0.1, 0.15) is 5.56 Å². The second kappa shape index (κ2) is 6.85. The molecule has 3 N–H and O–H groups in total. The quantitative estimate of drug-likeness (QED) is 0.627. The number of hydrogen-bond donors (Lipinski definition) is 3. The zero-order chi connectivity index (χ0) is 12.7. The molecule has 0 atom stereocenters. The van der Waals surface area contributed by atoms with Crippen LogP contribution in [0, 0.1) is 6.92 Å². The second-order valence-corrected chi connectivity index (χ2v) is 3.81. The van der Waals surface area contributed by atoms with Crippen LogP contribution in [0.2, 0.25) is 0 Å². The van der Waals surface area contributed by atoms with E-state index < -0.39 is 5.97 Å². The molecule has 0 saturated heterocycles. The van der Waals surface area contributed by atoms with Gasteiger partial charge < -0.3 is 15.7 Å². The molecule has 1 heterocycles. The smallest absolute Gasteiger partial charge is 0.339 e. The number of nitrogens with zero attached hydrogens (tertiary/aromatic N) is 1. The summed E-state index contributed by atoms with van der Waals surface area (Å²) in [6, 6.07) is 1.76. The fourth-order valence-electron chi connectivity index (χ4n) is 1.49. The fourth-order valence-corrected chi connectivity index (χ4v) is 1.49. The molecule has 5 nitrogen and oxygen atoms in total. The average Bonchev–Trinajstić information content (AvgIpc) is 2.28. The highest BCUT2D eigenvalue weighted by molar-refractivity contribution is 5.93. The second-order valence-electron chi connectivity index (χ2n) is 3.81. The lowest BCUT2D eigenvalue weighted by Crippen LogP contribution is -2.18. The summed E-state index contributed by atoms with van der Waals surface area (Å²) >= 11 is 0. The number of anilines is 1. The number of aromatic carboxylic acids is 1. The molecular formula is C12H19N3O2. The van der Waals surface area contributed by atoms with Crippen LogP contribution in [0.25, 0.3) is 0 Å². The van der Waals surface area contributed by atoms with E-state index in [0.717, 1.165) is 31.7 Å². The van der Waals surface area contributed by atoms with Crippen molar-refractivity contribution in [1.82, 2.24) is 10.3 Å². The lowest BCUT2D eigenvalue weighted by molar-refractivity contribution is 0.0697. The first-order valence-electron chi connectivity index (χ1n) is 5.79. The molecule has 1 rings (SSSR count). The SMILES string of the molecule is CCNCCCNc1cc(C)ncc1C(=O)O. The van der Waals surface area contributed by atoms with E-state index in [9.17, 15) is 4.79 Å². The molecule has 0 bridgehead atoms. The molecule has 0 unspecified atom stereocenters. The van der Waals surface area contributed by atoms with Gasteiger partial charge in [-0.3, -0.25) is 4.98 Å². The summed E-state index contributed by atoms with van der Waals surface area (Å²) in [6.45, 7) is 6.53. The third-order valence-electron chi connectivity index (χ3n) is 2.37. The van der Waals surface area contributed by atoms with Crippen LogP contribution in [0.5, 0.6) is 0 Å². The number of rotatable bonds is 7. The number of nitrogens with one attached hydrogen (secondary N) is 2. The fraction of sp³-hybridized carbons (Fsp3) is 0.500. The van der Waals surface area contributed by atoms with E-state index in [2.05, 4.69) is 22.5 Å². The standard InChI is InChI=1S/C12H19N3O2/c1-3-13-5-4-6-14-11-7-9(2)15-8-10(11)12(16)17/h7-8,13H,3-6H2,1-2H3,(H,14,15)(H,16,17). The van der Waals surface area contributed by atoms with Gasteiger partial charge in [0.2, 0.25) is 0 Å². The third-order valence-corrected chi connectivity index (χ3v) is 2.37. The maximum absolute atomic E-state index is 11.0. The Labute approximate surface area is 101 Å². The summed E-state index contributed by atoms with van der Waals surface area (Å²) in [6.07, 6.45) is 2.35. The number of carboxylic acid groups (broad SMARTS) is 1. The van der Waals surface area contributed by atoms with E-state index in [1.807, 2.05) is 6.92 Å². The van der Waals surface area contributed by atoms with Crippen LogP contribution in [0.4, 0.5) is 5.69 Å². The van der Waals surface area contributed by atoms with Crippen molar-refractivity contribution in [1.29, 1.82) is 0 Å². The van der Waals surface area contributed by atoms with Crippen molar-refractivity contribution in [2.45, 2.75) is 20.3 Å². The van der Waals surface area contributed by atoms with E-state index in [1.165, 1.54) is 6.20 Å². The molecule has 5 heteroatoms. The van der Waals surface area contributed by atoms with Crippen LogP contribution in [-0.4, -0.2) is 35.7 Å². The molecule has 0 amide bonds. The van der Waals surface area contributed by atoms with Crippen molar-refractivity contribution in [3.05, 3.63) is 23.5 Å². The topological polar surface area (TPSA) is 74.2 Å². The molecule has 0 aliphatic carbocycles. The lowest BCUT2D eigenvalue weighted by atomic mass is 10.2. The first kappa shape index (κ1) is 13.4. The van der Waals surface area contributed by atoms with Gasteiger partial charge in [-0.1, -0.05) is 6.92 Å². The third kappa shape index (κ3) is 4.40. The molecule has 0 fully saturated rings. The van der Waals surface area contributed by atoms with Crippen LogP contribution in [-0.2, 0) is 0 Å². The van der Waals surface area contributed by atoms with Crippen molar-refractivity contribution in [3.63, 3.8) is 0 Å². The minimum atomic E-state index is -0.952. The van der Waals surface area contributed by atoms with Crippen molar-refractivity contribution in [2.75, 3.05) is 25.0 Å². The molecule has 94 valence electrons. The molecule has 0 aromatic carbocycles. The Hall–Kier alpha value is -1.62. The van der Waals surface area contributed by atoms with E-state index in [-0.39, 0.29) is 5.56 Å². The summed E-state index contributed by atoms with van der Waals surface area (Å²) in [5.41, 5.74) is 1.67. The largest absolute Gasteiger partial charge is 0.478 e. The van der Waals surface area contributed by atoms with E-state index >= 15 is 0 Å². The summed E-state index contributed by atoms with van der Waals surface area (Å²) in [4.78, 5) is 15.0. The average molecular weight is 237 g/mol. The number of hydrogen-bond acceptors (Lipinski definition) is 4. The van der Waals surface area contributed by atoms with Crippen molar-refractivity contribution in [2.24, 2.45) is 0 Å². The number of aryl methyl sites for hydroxylation is 1.